The van der Waals surface area contributed by atoms with E-state index in [0.717, 1.165) is 6.07 Å². The Morgan fingerprint density at radius 2 is 2.16 bits per heavy atom. The van der Waals surface area contributed by atoms with Gasteiger partial charge in [-0.2, -0.15) is 0 Å². The van der Waals surface area contributed by atoms with Gasteiger partial charge in [-0.05, 0) is 26.3 Å². The standard InChI is InChI=1S/C12H15ClN2O4/c1-7(5-8(2)16)14-12(17)10-6-9(15(18)19)3-4-11(10)13/h3-4,6-8,16H,5H2,1-2H3,(H,14,17). The summed E-state index contributed by atoms with van der Waals surface area (Å²) in [6, 6.07) is 3.42. The maximum Gasteiger partial charge on any atom is 0.270 e. The predicted molar refractivity (Wildman–Crippen MR) is 71.3 cm³/mol. The number of hydrogen-bond acceptors (Lipinski definition) is 4. The molecule has 0 radical (unpaired) electrons. The van der Waals surface area contributed by atoms with Crippen molar-refractivity contribution in [3.05, 3.63) is 38.9 Å². The highest BCUT2D eigenvalue weighted by Crippen LogP contribution is 2.22. The Labute approximate surface area is 115 Å². The Bertz CT molecular complexity index is 491. The van der Waals surface area contributed by atoms with E-state index in [1.165, 1.54) is 12.1 Å². The molecule has 6 nitrogen and oxygen atoms in total. The average molecular weight is 287 g/mol. The normalized spacial score (nSPS) is 13.7. The number of nitro benzene ring substituents is 1. The largest absolute Gasteiger partial charge is 0.393 e. The summed E-state index contributed by atoms with van der Waals surface area (Å²) in [7, 11) is 0. The summed E-state index contributed by atoms with van der Waals surface area (Å²) in [5, 5.41) is 22.6. The summed E-state index contributed by atoms with van der Waals surface area (Å²) >= 11 is 5.85. The van der Waals surface area contributed by atoms with Crippen LogP contribution in [0.3, 0.4) is 0 Å². The molecular formula is C12H15ClN2O4. The predicted octanol–water partition coefficient (Wildman–Crippen LogP) is 2.14. The highest BCUT2D eigenvalue weighted by Gasteiger charge is 2.17. The van der Waals surface area contributed by atoms with Crippen molar-refractivity contribution < 1.29 is 14.8 Å². The van der Waals surface area contributed by atoms with Crippen LogP contribution in [0.4, 0.5) is 5.69 Å². The number of carbonyl (C=O) groups excluding carboxylic acids is 1. The lowest BCUT2D eigenvalue weighted by molar-refractivity contribution is -0.384. The number of nitrogens with one attached hydrogen (secondary N) is 1. The Balaban J connectivity index is 2.87. The third kappa shape index (κ3) is 4.50. The molecule has 2 unspecified atom stereocenters. The van der Waals surface area contributed by atoms with Crippen LogP contribution >= 0.6 is 11.6 Å². The third-order valence-corrected chi connectivity index (χ3v) is 2.81. The molecule has 0 saturated heterocycles. The number of non-ortho nitro benzene ring substituents is 1. The van der Waals surface area contributed by atoms with Crippen molar-refractivity contribution in [1.82, 2.24) is 5.32 Å². The molecule has 0 aliphatic heterocycles. The summed E-state index contributed by atoms with van der Waals surface area (Å²) in [4.78, 5) is 22.0. The highest BCUT2D eigenvalue weighted by atomic mass is 35.5. The van der Waals surface area contributed by atoms with Gasteiger partial charge in [0.2, 0.25) is 0 Å². The van der Waals surface area contributed by atoms with Gasteiger partial charge in [0.25, 0.3) is 11.6 Å². The maximum atomic E-state index is 11.9. The van der Waals surface area contributed by atoms with E-state index in [9.17, 15) is 20.0 Å². The summed E-state index contributed by atoms with van der Waals surface area (Å²) in [5.41, 5.74) is -0.147. The van der Waals surface area contributed by atoms with Gasteiger partial charge in [0.1, 0.15) is 0 Å². The van der Waals surface area contributed by atoms with E-state index in [0.29, 0.717) is 6.42 Å². The molecule has 104 valence electrons. The van der Waals surface area contributed by atoms with Crippen LogP contribution in [0.15, 0.2) is 18.2 Å². The quantitative estimate of drug-likeness (QED) is 0.640. The van der Waals surface area contributed by atoms with Gasteiger partial charge in [-0.15, -0.1) is 0 Å². The van der Waals surface area contributed by atoms with E-state index in [4.69, 9.17) is 11.6 Å². The summed E-state index contributed by atoms with van der Waals surface area (Å²) in [5.74, 6) is -0.498. The van der Waals surface area contributed by atoms with Crippen molar-refractivity contribution in [3.63, 3.8) is 0 Å². The Morgan fingerprint density at radius 1 is 1.53 bits per heavy atom. The van der Waals surface area contributed by atoms with Crippen molar-refractivity contribution in [1.29, 1.82) is 0 Å². The first-order chi connectivity index (χ1) is 8.81. The fourth-order valence-electron chi connectivity index (χ4n) is 1.67. The molecule has 0 bridgehead atoms. The minimum atomic E-state index is -0.591. The van der Waals surface area contributed by atoms with Crippen molar-refractivity contribution in [3.8, 4) is 0 Å². The lowest BCUT2D eigenvalue weighted by Gasteiger charge is -2.15. The van der Waals surface area contributed by atoms with Crippen molar-refractivity contribution in [2.75, 3.05) is 0 Å². The SMILES string of the molecule is CC(O)CC(C)NC(=O)c1cc([N+](=O)[O-])ccc1Cl. The molecule has 0 heterocycles. The maximum absolute atomic E-state index is 11.9. The number of nitro groups is 1. The average Bonchev–Trinajstić information content (AvgIpc) is 2.27. The molecule has 0 aliphatic rings. The van der Waals surface area contributed by atoms with Crippen LogP contribution < -0.4 is 5.32 Å². The van der Waals surface area contributed by atoms with Gasteiger partial charge in [-0.25, -0.2) is 0 Å². The number of rotatable bonds is 5. The van der Waals surface area contributed by atoms with Gasteiger partial charge in [0.15, 0.2) is 0 Å². The summed E-state index contributed by atoms with van der Waals surface area (Å²) < 4.78 is 0. The molecule has 0 aliphatic carbocycles. The number of aliphatic hydroxyl groups is 1. The van der Waals surface area contributed by atoms with Crippen LogP contribution in [0, 0.1) is 10.1 Å². The van der Waals surface area contributed by atoms with E-state index in [2.05, 4.69) is 5.32 Å². The highest BCUT2D eigenvalue weighted by molar-refractivity contribution is 6.33. The molecule has 2 N–H and O–H groups in total. The summed E-state index contributed by atoms with van der Waals surface area (Å²) in [6.07, 6.45) is -0.158. The second-order valence-corrected chi connectivity index (χ2v) is 4.79. The first-order valence-corrected chi connectivity index (χ1v) is 6.12. The molecule has 7 heteroatoms. The smallest absolute Gasteiger partial charge is 0.270 e. The number of nitrogens with zero attached hydrogens (tertiary/aromatic N) is 1. The van der Waals surface area contributed by atoms with E-state index < -0.39 is 16.9 Å². The number of aliphatic hydroxyl groups excluding tert-OH is 1. The third-order valence-electron chi connectivity index (χ3n) is 2.48. The van der Waals surface area contributed by atoms with Crippen LogP contribution in [0.5, 0.6) is 0 Å². The van der Waals surface area contributed by atoms with Crippen molar-refractivity contribution >= 4 is 23.2 Å². The molecule has 2 atom stereocenters. The van der Waals surface area contributed by atoms with Gasteiger partial charge < -0.3 is 10.4 Å². The Kier molecular flexibility index (Phi) is 5.26. The zero-order chi connectivity index (χ0) is 14.6. The zero-order valence-corrected chi connectivity index (χ0v) is 11.3. The number of hydrogen-bond donors (Lipinski definition) is 2. The van der Waals surface area contributed by atoms with Gasteiger partial charge in [-0.3, -0.25) is 14.9 Å². The Morgan fingerprint density at radius 3 is 2.68 bits per heavy atom. The van der Waals surface area contributed by atoms with Crippen LogP contribution in [-0.4, -0.2) is 28.1 Å². The number of benzene rings is 1. The topological polar surface area (TPSA) is 92.5 Å². The van der Waals surface area contributed by atoms with Crippen LogP contribution in [0.1, 0.15) is 30.6 Å². The molecule has 1 amide bonds. The second kappa shape index (κ2) is 6.49. The van der Waals surface area contributed by atoms with Crippen molar-refractivity contribution in [2.24, 2.45) is 0 Å². The van der Waals surface area contributed by atoms with Crippen LogP contribution in [0.2, 0.25) is 5.02 Å². The Hall–Kier alpha value is -1.66. The zero-order valence-electron chi connectivity index (χ0n) is 10.6. The van der Waals surface area contributed by atoms with Gasteiger partial charge in [0.05, 0.1) is 21.6 Å². The van der Waals surface area contributed by atoms with E-state index >= 15 is 0 Å². The minimum Gasteiger partial charge on any atom is -0.393 e. The molecule has 0 aromatic heterocycles. The molecule has 0 fully saturated rings. The van der Waals surface area contributed by atoms with Crippen molar-refractivity contribution in [2.45, 2.75) is 32.4 Å². The fraction of sp³-hybridized carbons (Fsp3) is 0.417. The molecular weight excluding hydrogens is 272 g/mol. The number of halogens is 1. The molecule has 1 aromatic rings. The summed E-state index contributed by atoms with van der Waals surface area (Å²) in [6.45, 7) is 3.35. The van der Waals surface area contributed by atoms with Gasteiger partial charge in [0, 0.05) is 18.2 Å². The van der Waals surface area contributed by atoms with Crippen LogP contribution in [0.25, 0.3) is 0 Å². The first kappa shape index (κ1) is 15.4. The lowest BCUT2D eigenvalue weighted by atomic mass is 10.1. The van der Waals surface area contributed by atoms with Gasteiger partial charge >= 0.3 is 0 Å². The molecule has 0 spiro atoms. The minimum absolute atomic E-state index is 0.0494. The van der Waals surface area contributed by atoms with Crippen LogP contribution in [-0.2, 0) is 0 Å². The monoisotopic (exact) mass is 286 g/mol. The van der Waals surface area contributed by atoms with E-state index in [-0.39, 0.29) is 22.3 Å². The second-order valence-electron chi connectivity index (χ2n) is 4.38. The molecule has 1 aromatic carbocycles. The number of carbonyl (C=O) groups is 1. The molecule has 0 saturated carbocycles. The molecule has 19 heavy (non-hydrogen) atoms. The fourth-order valence-corrected chi connectivity index (χ4v) is 1.88. The van der Waals surface area contributed by atoms with Gasteiger partial charge in [-0.1, -0.05) is 11.6 Å². The van der Waals surface area contributed by atoms with E-state index in [1.807, 2.05) is 0 Å². The van der Waals surface area contributed by atoms with E-state index in [1.54, 1.807) is 13.8 Å². The number of amides is 1. The lowest BCUT2D eigenvalue weighted by Crippen LogP contribution is -2.34. The molecule has 1 rings (SSSR count). The first-order valence-electron chi connectivity index (χ1n) is 5.74.